The molecule has 0 aromatic rings. The van der Waals surface area contributed by atoms with E-state index in [2.05, 4.69) is 39.1 Å². The molecule has 0 saturated carbocycles. The van der Waals surface area contributed by atoms with Gasteiger partial charge in [0, 0.05) is 48.4 Å². The first kappa shape index (κ1) is 31.7. The van der Waals surface area contributed by atoms with Gasteiger partial charge in [0.05, 0.1) is 10.9 Å². The number of hydrogen-bond donors (Lipinski definition) is 1. The molecule has 1 heterocycles. The molecule has 7 heteroatoms. The highest BCUT2D eigenvalue weighted by Crippen LogP contribution is 2.42. The molecule has 0 aromatic heterocycles. The van der Waals surface area contributed by atoms with Gasteiger partial charge in [-0.3, -0.25) is 14.4 Å². The van der Waals surface area contributed by atoms with Crippen molar-refractivity contribution in [1.82, 2.24) is 10.2 Å². The van der Waals surface area contributed by atoms with Gasteiger partial charge in [-0.1, -0.05) is 54.0 Å². The van der Waals surface area contributed by atoms with Gasteiger partial charge in [0.15, 0.2) is 0 Å². The number of rotatable bonds is 16. The van der Waals surface area contributed by atoms with Gasteiger partial charge in [-0.15, -0.1) is 11.8 Å². The predicted molar refractivity (Wildman–Crippen MR) is 146 cm³/mol. The van der Waals surface area contributed by atoms with Crippen molar-refractivity contribution in [1.29, 1.82) is 0 Å². The van der Waals surface area contributed by atoms with Crippen LogP contribution >= 0.6 is 11.8 Å². The van der Waals surface area contributed by atoms with Crippen LogP contribution in [-0.2, 0) is 19.1 Å². The number of thioether (sulfide) groups is 1. The summed E-state index contributed by atoms with van der Waals surface area (Å²) in [6.07, 6.45) is 7.39. The van der Waals surface area contributed by atoms with Crippen LogP contribution in [0.1, 0.15) is 107 Å². The molecule has 35 heavy (non-hydrogen) atoms. The maximum atomic E-state index is 12.8. The summed E-state index contributed by atoms with van der Waals surface area (Å²) in [5.41, 5.74) is 0.297. The second-order valence-electron chi connectivity index (χ2n) is 11.6. The molecule has 1 aliphatic heterocycles. The fourth-order valence-electron chi connectivity index (χ4n) is 4.18. The average Bonchev–Trinajstić information content (AvgIpc) is 2.99. The SMILES string of the molecule is CCC=C1C(SC(C)(C)CCC)CC(=O)N1CCC(=O)NCCC(C)(C)OCCC(C)(C)C(C)=O. The van der Waals surface area contributed by atoms with Crippen LogP contribution in [0.4, 0.5) is 0 Å². The van der Waals surface area contributed by atoms with E-state index in [0.717, 1.165) is 25.0 Å². The molecule has 0 aliphatic carbocycles. The van der Waals surface area contributed by atoms with E-state index in [0.29, 0.717) is 39.0 Å². The number of amides is 2. The van der Waals surface area contributed by atoms with Crippen molar-refractivity contribution in [2.24, 2.45) is 5.41 Å². The van der Waals surface area contributed by atoms with E-state index in [-0.39, 0.29) is 39.4 Å². The van der Waals surface area contributed by atoms with Gasteiger partial charge in [-0.25, -0.2) is 0 Å². The monoisotopic (exact) mass is 510 g/mol. The molecule has 0 radical (unpaired) electrons. The predicted octanol–water partition coefficient (Wildman–Crippen LogP) is 5.89. The van der Waals surface area contributed by atoms with Crippen LogP contribution < -0.4 is 5.32 Å². The van der Waals surface area contributed by atoms with Crippen LogP contribution in [0.5, 0.6) is 0 Å². The van der Waals surface area contributed by atoms with Gasteiger partial charge >= 0.3 is 0 Å². The number of Topliss-reactive ketones (excluding diaryl/α,β-unsaturated/α-hetero) is 1. The minimum absolute atomic E-state index is 0.0513. The summed E-state index contributed by atoms with van der Waals surface area (Å²) >= 11 is 1.89. The number of carbonyl (C=O) groups is 3. The fourth-order valence-corrected chi connectivity index (χ4v) is 5.84. The van der Waals surface area contributed by atoms with Crippen molar-refractivity contribution in [3.8, 4) is 0 Å². The molecule has 1 aliphatic rings. The number of ketones is 1. The fraction of sp³-hybridized carbons (Fsp3) is 0.821. The molecule has 2 amide bonds. The van der Waals surface area contributed by atoms with Crippen LogP contribution in [0.15, 0.2) is 11.8 Å². The molecule has 1 unspecified atom stereocenters. The minimum Gasteiger partial charge on any atom is -0.375 e. The zero-order chi connectivity index (χ0) is 26.9. The van der Waals surface area contributed by atoms with Gasteiger partial charge in [-0.05, 0) is 46.5 Å². The lowest BCUT2D eigenvalue weighted by atomic mass is 9.86. The number of likely N-dealkylation sites (tertiary alicyclic amines) is 1. The van der Waals surface area contributed by atoms with Crippen molar-refractivity contribution >= 4 is 29.4 Å². The number of allylic oxidation sites excluding steroid dienone is 1. The smallest absolute Gasteiger partial charge is 0.228 e. The lowest BCUT2D eigenvalue weighted by Crippen LogP contribution is -2.35. The molecule has 1 saturated heterocycles. The Morgan fingerprint density at radius 3 is 2.34 bits per heavy atom. The van der Waals surface area contributed by atoms with Crippen LogP contribution in [0.25, 0.3) is 0 Å². The Morgan fingerprint density at radius 1 is 1.11 bits per heavy atom. The van der Waals surface area contributed by atoms with Crippen molar-refractivity contribution in [2.75, 3.05) is 19.7 Å². The third kappa shape index (κ3) is 11.1. The normalized spacial score (nSPS) is 18.4. The van der Waals surface area contributed by atoms with E-state index in [1.807, 2.05) is 44.4 Å². The Kier molecular flexibility index (Phi) is 12.5. The molecule has 1 rings (SSSR count). The van der Waals surface area contributed by atoms with Crippen molar-refractivity contribution in [2.45, 2.75) is 123 Å². The highest BCUT2D eigenvalue weighted by atomic mass is 32.2. The summed E-state index contributed by atoms with van der Waals surface area (Å²) in [6.45, 7) is 19.7. The second-order valence-corrected chi connectivity index (χ2v) is 13.5. The first-order valence-electron chi connectivity index (χ1n) is 13.2. The molecule has 0 bridgehead atoms. The number of ether oxygens (including phenoxy) is 1. The molecule has 1 N–H and O–H groups in total. The van der Waals surface area contributed by atoms with Crippen LogP contribution in [0.3, 0.4) is 0 Å². The summed E-state index contributed by atoms with van der Waals surface area (Å²) in [7, 11) is 0. The Labute approximate surface area is 218 Å². The molecule has 1 atom stereocenters. The number of hydrogen-bond acceptors (Lipinski definition) is 5. The molecule has 202 valence electrons. The largest absolute Gasteiger partial charge is 0.375 e. The quantitative estimate of drug-likeness (QED) is 0.280. The highest BCUT2D eigenvalue weighted by molar-refractivity contribution is 8.01. The van der Waals surface area contributed by atoms with E-state index in [1.165, 1.54) is 0 Å². The number of carbonyl (C=O) groups excluding carboxylic acids is 3. The summed E-state index contributed by atoms with van der Waals surface area (Å²) < 4.78 is 6.12. The van der Waals surface area contributed by atoms with Gasteiger partial charge in [0.25, 0.3) is 0 Å². The Morgan fingerprint density at radius 2 is 1.77 bits per heavy atom. The highest BCUT2D eigenvalue weighted by Gasteiger charge is 2.38. The van der Waals surface area contributed by atoms with Gasteiger partial charge in [0.2, 0.25) is 11.8 Å². The van der Waals surface area contributed by atoms with E-state index < -0.39 is 5.60 Å². The van der Waals surface area contributed by atoms with Crippen LogP contribution in [0, 0.1) is 5.41 Å². The summed E-state index contributed by atoms with van der Waals surface area (Å²) in [5, 5.41) is 3.14. The summed E-state index contributed by atoms with van der Waals surface area (Å²) in [4.78, 5) is 38.8. The molecule has 1 fully saturated rings. The third-order valence-corrected chi connectivity index (χ3v) is 8.35. The molecule has 0 spiro atoms. The second kappa shape index (κ2) is 13.8. The van der Waals surface area contributed by atoms with Crippen molar-refractivity contribution < 1.29 is 19.1 Å². The van der Waals surface area contributed by atoms with E-state index in [4.69, 9.17) is 4.74 Å². The van der Waals surface area contributed by atoms with Gasteiger partial charge < -0.3 is 15.0 Å². The van der Waals surface area contributed by atoms with Gasteiger partial charge in [0.1, 0.15) is 5.78 Å². The molecular formula is C28H50N2O4S. The Hall–Kier alpha value is -1.34. The summed E-state index contributed by atoms with van der Waals surface area (Å²) in [5.74, 6) is 0.226. The van der Waals surface area contributed by atoms with Crippen LogP contribution in [0.2, 0.25) is 0 Å². The summed E-state index contributed by atoms with van der Waals surface area (Å²) in [6, 6.07) is 0. The van der Waals surface area contributed by atoms with Crippen LogP contribution in [-0.4, -0.2) is 57.8 Å². The number of nitrogens with zero attached hydrogens (tertiary/aromatic N) is 1. The molecule has 0 aromatic carbocycles. The first-order valence-corrected chi connectivity index (χ1v) is 14.1. The molecule has 6 nitrogen and oxygen atoms in total. The standard InChI is InChI=1S/C28H50N2O4S/c1-10-12-22-23(35-28(8,9)14-11-2)20-25(33)30(22)18-13-24(32)29-17-15-27(6,7)34-19-16-26(4,5)21(3)31/h12,23H,10-11,13-20H2,1-9H3,(H,29,32). The zero-order valence-electron chi connectivity index (χ0n) is 23.7. The first-order chi connectivity index (χ1) is 16.1. The zero-order valence-corrected chi connectivity index (χ0v) is 24.5. The van der Waals surface area contributed by atoms with E-state index in [9.17, 15) is 14.4 Å². The van der Waals surface area contributed by atoms with Crippen molar-refractivity contribution in [3.05, 3.63) is 11.8 Å². The van der Waals surface area contributed by atoms with Crippen molar-refractivity contribution in [3.63, 3.8) is 0 Å². The molecular weight excluding hydrogens is 460 g/mol. The average molecular weight is 511 g/mol. The maximum absolute atomic E-state index is 12.8. The minimum atomic E-state index is -0.391. The lowest BCUT2D eigenvalue weighted by Gasteiger charge is -2.29. The van der Waals surface area contributed by atoms with Gasteiger partial charge in [-0.2, -0.15) is 0 Å². The number of nitrogens with one attached hydrogen (secondary N) is 1. The Balaban J connectivity index is 2.52. The Bertz CT molecular complexity index is 758. The topological polar surface area (TPSA) is 75.7 Å². The maximum Gasteiger partial charge on any atom is 0.228 e. The lowest BCUT2D eigenvalue weighted by molar-refractivity contribution is -0.128. The van der Waals surface area contributed by atoms with E-state index in [1.54, 1.807) is 6.92 Å². The van der Waals surface area contributed by atoms with E-state index >= 15 is 0 Å². The third-order valence-electron chi connectivity index (χ3n) is 6.81.